The fourth-order valence-electron chi connectivity index (χ4n) is 3.06. The second kappa shape index (κ2) is 7.38. The van der Waals surface area contributed by atoms with Crippen molar-refractivity contribution < 1.29 is 18.9 Å². The van der Waals surface area contributed by atoms with Gasteiger partial charge in [0.25, 0.3) is 0 Å². The third kappa shape index (κ3) is 3.36. The van der Waals surface area contributed by atoms with Gasteiger partial charge < -0.3 is 24.3 Å². The molecule has 1 heterocycles. The predicted octanol–water partition coefficient (Wildman–Crippen LogP) is 1.46. The highest BCUT2D eigenvalue weighted by molar-refractivity contribution is 5.57. The van der Waals surface area contributed by atoms with Crippen molar-refractivity contribution in [2.45, 2.75) is 6.42 Å². The van der Waals surface area contributed by atoms with Crippen LogP contribution in [0.25, 0.3) is 11.8 Å². The molecule has 0 saturated heterocycles. The summed E-state index contributed by atoms with van der Waals surface area (Å²) in [5.41, 5.74) is 2.29. The SMILES string of the molecule is COc1ccc(CC2=c3cc(OC)c(OC)cc3=CCN2)cc1OC. The molecule has 0 bridgehead atoms. The summed E-state index contributed by atoms with van der Waals surface area (Å²) in [7, 11) is 6.59. The van der Waals surface area contributed by atoms with E-state index in [0.29, 0.717) is 0 Å². The number of methoxy groups -OCH3 is 4. The minimum absolute atomic E-state index is 0.725. The predicted molar refractivity (Wildman–Crippen MR) is 97.9 cm³/mol. The van der Waals surface area contributed by atoms with Gasteiger partial charge in [0.1, 0.15) is 0 Å². The second-order valence-electron chi connectivity index (χ2n) is 5.72. The van der Waals surface area contributed by atoms with Crippen LogP contribution in [-0.4, -0.2) is 35.0 Å². The Labute approximate surface area is 147 Å². The number of nitrogens with one attached hydrogen (secondary N) is 1. The zero-order chi connectivity index (χ0) is 17.8. The Kier molecular flexibility index (Phi) is 5.03. The van der Waals surface area contributed by atoms with Gasteiger partial charge in [-0.2, -0.15) is 0 Å². The van der Waals surface area contributed by atoms with Crippen LogP contribution in [0.15, 0.2) is 30.3 Å². The second-order valence-corrected chi connectivity index (χ2v) is 5.72. The van der Waals surface area contributed by atoms with E-state index >= 15 is 0 Å². The average molecular weight is 341 g/mol. The van der Waals surface area contributed by atoms with Crippen molar-refractivity contribution in [3.8, 4) is 23.0 Å². The standard InChI is InChI=1S/C20H23NO4/c1-22-17-6-5-13(10-18(17)23-2)9-16-15-12-20(25-4)19(24-3)11-14(15)7-8-21-16/h5-7,10-12,21H,8-9H2,1-4H3. The Bertz CT molecular complexity index is 889. The maximum absolute atomic E-state index is 5.45. The summed E-state index contributed by atoms with van der Waals surface area (Å²) in [5, 5.41) is 5.74. The van der Waals surface area contributed by atoms with E-state index in [9.17, 15) is 0 Å². The van der Waals surface area contributed by atoms with E-state index < -0.39 is 0 Å². The minimum Gasteiger partial charge on any atom is -0.493 e. The van der Waals surface area contributed by atoms with Gasteiger partial charge in [0.05, 0.1) is 28.4 Å². The Balaban J connectivity index is 2.06. The lowest BCUT2D eigenvalue weighted by molar-refractivity contribution is 0.354. The van der Waals surface area contributed by atoms with E-state index in [1.54, 1.807) is 28.4 Å². The first kappa shape index (κ1) is 17.0. The van der Waals surface area contributed by atoms with Gasteiger partial charge in [0.2, 0.25) is 0 Å². The molecule has 0 unspecified atom stereocenters. The van der Waals surface area contributed by atoms with Gasteiger partial charge in [-0.05, 0) is 35.0 Å². The Morgan fingerprint density at radius 2 is 1.44 bits per heavy atom. The van der Waals surface area contributed by atoms with Gasteiger partial charge in [-0.25, -0.2) is 0 Å². The first-order valence-corrected chi connectivity index (χ1v) is 8.10. The van der Waals surface area contributed by atoms with Crippen molar-refractivity contribution in [1.82, 2.24) is 5.32 Å². The summed E-state index contributed by atoms with van der Waals surface area (Å²) >= 11 is 0. The summed E-state index contributed by atoms with van der Waals surface area (Å²) in [6, 6.07) is 10.0. The lowest BCUT2D eigenvalue weighted by Gasteiger charge is -2.17. The molecule has 3 rings (SSSR count). The van der Waals surface area contributed by atoms with Gasteiger partial charge in [-0.3, -0.25) is 0 Å². The van der Waals surface area contributed by atoms with Gasteiger partial charge >= 0.3 is 0 Å². The van der Waals surface area contributed by atoms with Crippen LogP contribution in [-0.2, 0) is 6.42 Å². The molecular weight excluding hydrogens is 318 g/mol. The summed E-state index contributed by atoms with van der Waals surface area (Å²) in [6.45, 7) is 0.783. The molecule has 0 spiro atoms. The van der Waals surface area contributed by atoms with E-state index in [2.05, 4.69) is 17.5 Å². The van der Waals surface area contributed by atoms with Crippen molar-refractivity contribution in [3.05, 3.63) is 46.3 Å². The van der Waals surface area contributed by atoms with Crippen LogP contribution in [0.3, 0.4) is 0 Å². The highest BCUT2D eigenvalue weighted by atomic mass is 16.5. The van der Waals surface area contributed by atoms with Crippen LogP contribution < -0.4 is 34.7 Å². The molecule has 0 fully saturated rings. The molecule has 0 radical (unpaired) electrons. The molecule has 0 atom stereocenters. The minimum atomic E-state index is 0.725. The molecule has 2 aromatic carbocycles. The van der Waals surface area contributed by atoms with Crippen molar-refractivity contribution >= 4 is 11.8 Å². The molecule has 1 aliphatic heterocycles. The molecule has 1 N–H and O–H groups in total. The third-order valence-electron chi connectivity index (χ3n) is 4.35. The smallest absolute Gasteiger partial charge is 0.161 e. The van der Waals surface area contributed by atoms with E-state index in [1.807, 2.05) is 24.3 Å². The van der Waals surface area contributed by atoms with Crippen LogP contribution in [0.4, 0.5) is 0 Å². The van der Waals surface area contributed by atoms with Crippen LogP contribution in [0.5, 0.6) is 23.0 Å². The summed E-state index contributed by atoms with van der Waals surface area (Å²) in [5.74, 6) is 2.93. The topological polar surface area (TPSA) is 49.0 Å². The van der Waals surface area contributed by atoms with E-state index in [4.69, 9.17) is 18.9 Å². The van der Waals surface area contributed by atoms with Gasteiger partial charge in [0, 0.05) is 23.9 Å². The van der Waals surface area contributed by atoms with Crippen molar-refractivity contribution in [1.29, 1.82) is 0 Å². The molecular formula is C20H23NO4. The van der Waals surface area contributed by atoms with Crippen molar-refractivity contribution in [3.63, 3.8) is 0 Å². The van der Waals surface area contributed by atoms with Crippen LogP contribution in [0.1, 0.15) is 5.56 Å². The number of fused-ring (bicyclic) bond motifs is 1. The Morgan fingerprint density at radius 3 is 2.12 bits per heavy atom. The fourth-order valence-corrected chi connectivity index (χ4v) is 3.06. The molecule has 132 valence electrons. The van der Waals surface area contributed by atoms with Crippen molar-refractivity contribution in [2.24, 2.45) is 0 Å². The number of rotatable bonds is 6. The zero-order valence-electron chi connectivity index (χ0n) is 15.0. The summed E-state index contributed by atoms with van der Waals surface area (Å²) in [4.78, 5) is 0. The maximum atomic E-state index is 5.45. The highest BCUT2D eigenvalue weighted by Gasteiger charge is 2.12. The molecule has 0 saturated carbocycles. The third-order valence-corrected chi connectivity index (χ3v) is 4.35. The van der Waals surface area contributed by atoms with Crippen molar-refractivity contribution in [2.75, 3.05) is 35.0 Å². The molecule has 0 aliphatic carbocycles. The van der Waals surface area contributed by atoms with Gasteiger partial charge in [0.15, 0.2) is 23.0 Å². The van der Waals surface area contributed by atoms with Gasteiger partial charge in [-0.15, -0.1) is 0 Å². The zero-order valence-corrected chi connectivity index (χ0v) is 15.0. The number of ether oxygens (including phenoxy) is 4. The number of benzene rings is 2. The first-order valence-electron chi connectivity index (χ1n) is 8.10. The van der Waals surface area contributed by atoms with Crippen LogP contribution >= 0.6 is 0 Å². The monoisotopic (exact) mass is 341 g/mol. The fraction of sp³-hybridized carbons (Fsp3) is 0.300. The lowest BCUT2D eigenvalue weighted by atomic mass is 10.0. The largest absolute Gasteiger partial charge is 0.493 e. The molecule has 0 amide bonds. The first-order chi connectivity index (χ1) is 12.2. The quantitative estimate of drug-likeness (QED) is 0.862. The Hall–Kier alpha value is -2.82. The molecule has 1 aliphatic rings. The molecule has 2 aromatic rings. The lowest BCUT2D eigenvalue weighted by Crippen LogP contribution is -2.38. The van der Waals surface area contributed by atoms with Gasteiger partial charge in [-0.1, -0.05) is 12.1 Å². The van der Waals surface area contributed by atoms with Crippen LogP contribution in [0, 0.1) is 0 Å². The summed E-state index contributed by atoms with van der Waals surface area (Å²) in [6.07, 6.45) is 2.91. The summed E-state index contributed by atoms with van der Waals surface area (Å²) < 4.78 is 21.6. The molecule has 25 heavy (non-hydrogen) atoms. The van der Waals surface area contributed by atoms with E-state index in [1.165, 1.54) is 0 Å². The molecule has 5 heteroatoms. The van der Waals surface area contributed by atoms with E-state index in [-0.39, 0.29) is 0 Å². The highest BCUT2D eigenvalue weighted by Crippen LogP contribution is 2.28. The Morgan fingerprint density at radius 1 is 0.800 bits per heavy atom. The average Bonchev–Trinajstić information content (AvgIpc) is 2.66. The van der Waals surface area contributed by atoms with Crippen LogP contribution in [0.2, 0.25) is 0 Å². The number of hydrogen-bond acceptors (Lipinski definition) is 5. The maximum Gasteiger partial charge on any atom is 0.161 e. The normalized spacial score (nSPS) is 12.6. The molecule has 5 nitrogen and oxygen atoms in total. The van der Waals surface area contributed by atoms with E-state index in [0.717, 1.165) is 57.7 Å². The number of hydrogen-bond donors (Lipinski definition) is 1. The molecule has 0 aromatic heterocycles.